The molecule has 0 unspecified atom stereocenters. The number of hydrogen-bond donors (Lipinski definition) is 2. The Morgan fingerprint density at radius 2 is 1.78 bits per heavy atom. The number of benzene rings is 2. The Hall–Kier alpha value is -2.72. The van der Waals surface area contributed by atoms with Crippen molar-refractivity contribution >= 4 is 27.3 Å². The van der Waals surface area contributed by atoms with Crippen molar-refractivity contribution in [2.75, 3.05) is 18.4 Å². The largest absolute Gasteiger partial charge is 0.417 e. The monoisotopic (exact) mass is 467 g/mol. The van der Waals surface area contributed by atoms with E-state index in [1.54, 1.807) is 31.2 Å². The number of anilines is 1. The molecule has 0 saturated carbocycles. The fraction of sp³-hybridized carbons (Fsp3) is 0.364. The Balaban J connectivity index is 1.95. The lowest BCUT2D eigenvalue weighted by atomic mass is 9.94. The molecule has 2 aromatic carbocycles. The normalized spacial score (nSPS) is 16.1. The molecule has 32 heavy (non-hydrogen) atoms. The van der Waals surface area contributed by atoms with Crippen molar-refractivity contribution in [3.05, 3.63) is 59.2 Å². The number of piperidine rings is 1. The van der Waals surface area contributed by atoms with Crippen LogP contribution in [0.15, 0.2) is 51.8 Å². The highest BCUT2D eigenvalue weighted by Crippen LogP contribution is 2.37. The zero-order valence-electron chi connectivity index (χ0n) is 17.7. The predicted molar refractivity (Wildman–Crippen MR) is 116 cm³/mol. The van der Waals surface area contributed by atoms with E-state index in [-0.39, 0.29) is 17.3 Å². The second-order valence-corrected chi connectivity index (χ2v) is 9.28. The first kappa shape index (κ1) is 23.9. The van der Waals surface area contributed by atoms with Crippen molar-refractivity contribution in [1.82, 2.24) is 5.32 Å². The predicted octanol–water partition coefficient (Wildman–Crippen LogP) is 4.42. The van der Waals surface area contributed by atoms with Crippen molar-refractivity contribution in [1.29, 1.82) is 0 Å². The number of halogens is 3. The fourth-order valence-corrected chi connectivity index (χ4v) is 4.95. The molecule has 172 valence electrons. The van der Waals surface area contributed by atoms with Crippen LogP contribution in [0.25, 0.3) is 0 Å². The first-order chi connectivity index (χ1) is 15.0. The van der Waals surface area contributed by atoms with Crippen LogP contribution in [0.3, 0.4) is 0 Å². The highest BCUT2D eigenvalue weighted by atomic mass is 32.2. The van der Waals surface area contributed by atoms with Crippen LogP contribution in [-0.2, 0) is 16.2 Å². The minimum atomic E-state index is -4.95. The van der Waals surface area contributed by atoms with Gasteiger partial charge >= 0.3 is 6.18 Å². The van der Waals surface area contributed by atoms with Gasteiger partial charge in [0.1, 0.15) is 4.90 Å². The standard InChI is InChI=1S/C22H24F3N3O3S/c1-14-5-3-4-6-18(14)21(29)27-17-7-8-20(19(13-17)22(23,24)25)32(30,31)28-15(2)16-9-11-26-12-10-16/h3-8,13,16,26H,9-12H2,1-2H3,(H,27,29)/b28-15-. The van der Waals surface area contributed by atoms with Crippen LogP contribution >= 0.6 is 0 Å². The van der Waals surface area contributed by atoms with Crippen molar-refractivity contribution in [2.24, 2.45) is 10.3 Å². The number of alkyl halides is 3. The van der Waals surface area contributed by atoms with E-state index in [0.717, 1.165) is 12.1 Å². The van der Waals surface area contributed by atoms with Gasteiger partial charge in [-0.15, -0.1) is 0 Å². The zero-order valence-corrected chi connectivity index (χ0v) is 18.5. The quantitative estimate of drug-likeness (QED) is 0.638. The minimum absolute atomic E-state index is 0.104. The lowest BCUT2D eigenvalue weighted by Gasteiger charge is -2.22. The van der Waals surface area contributed by atoms with Gasteiger partial charge in [0.25, 0.3) is 15.9 Å². The second-order valence-electron chi connectivity index (χ2n) is 7.71. The van der Waals surface area contributed by atoms with Gasteiger partial charge in [0.2, 0.25) is 0 Å². The Bertz CT molecular complexity index is 1140. The number of nitrogens with zero attached hydrogens (tertiary/aromatic N) is 1. The molecule has 1 aliphatic heterocycles. The first-order valence-electron chi connectivity index (χ1n) is 10.1. The van der Waals surface area contributed by atoms with Crippen LogP contribution in [0.1, 0.15) is 41.3 Å². The first-order valence-corrected chi connectivity index (χ1v) is 11.5. The maximum atomic E-state index is 13.7. The summed E-state index contributed by atoms with van der Waals surface area (Å²) in [6.07, 6.45) is -3.62. The Kier molecular flexibility index (Phi) is 7.04. The lowest BCUT2D eigenvalue weighted by molar-refractivity contribution is -0.139. The topological polar surface area (TPSA) is 87.6 Å². The summed E-state index contributed by atoms with van der Waals surface area (Å²) in [5, 5.41) is 5.55. The molecule has 3 rings (SSSR count). The van der Waals surface area contributed by atoms with Crippen LogP contribution in [-0.4, -0.2) is 33.1 Å². The number of amides is 1. The van der Waals surface area contributed by atoms with E-state index in [2.05, 4.69) is 15.0 Å². The molecular formula is C22H24F3N3O3S. The van der Waals surface area contributed by atoms with Gasteiger partial charge < -0.3 is 10.6 Å². The third kappa shape index (κ3) is 5.55. The maximum Gasteiger partial charge on any atom is 0.417 e. The smallest absolute Gasteiger partial charge is 0.322 e. The van der Waals surface area contributed by atoms with Gasteiger partial charge in [0, 0.05) is 22.9 Å². The number of carbonyl (C=O) groups excluding carboxylic acids is 1. The Morgan fingerprint density at radius 3 is 2.41 bits per heavy atom. The SMILES string of the molecule is C/C(=N/S(=O)(=O)c1ccc(NC(=O)c2ccccc2C)cc1C(F)(F)F)C1CCNCC1. The molecule has 1 amide bonds. The van der Waals surface area contributed by atoms with Crippen LogP contribution in [0.4, 0.5) is 18.9 Å². The summed E-state index contributed by atoms with van der Waals surface area (Å²) >= 11 is 0. The number of aryl methyl sites for hydroxylation is 1. The maximum absolute atomic E-state index is 13.7. The highest BCUT2D eigenvalue weighted by molar-refractivity contribution is 7.90. The van der Waals surface area contributed by atoms with Crippen LogP contribution in [0.5, 0.6) is 0 Å². The molecule has 0 bridgehead atoms. The van der Waals surface area contributed by atoms with Gasteiger partial charge in [-0.05, 0) is 69.6 Å². The zero-order chi connectivity index (χ0) is 23.5. The average Bonchev–Trinajstić information content (AvgIpc) is 2.73. The van der Waals surface area contributed by atoms with Gasteiger partial charge in [0.15, 0.2) is 0 Å². The summed E-state index contributed by atoms with van der Waals surface area (Å²) < 4.78 is 70.4. The average molecular weight is 468 g/mol. The number of rotatable bonds is 5. The molecular weight excluding hydrogens is 443 g/mol. The van der Waals surface area contributed by atoms with E-state index >= 15 is 0 Å². The Morgan fingerprint density at radius 1 is 1.12 bits per heavy atom. The van der Waals surface area contributed by atoms with Crippen LogP contribution in [0, 0.1) is 12.8 Å². The molecule has 2 N–H and O–H groups in total. The third-order valence-corrected chi connectivity index (χ3v) is 6.84. The van der Waals surface area contributed by atoms with Gasteiger partial charge in [-0.1, -0.05) is 18.2 Å². The van der Waals surface area contributed by atoms with E-state index < -0.39 is 32.6 Å². The molecule has 0 atom stereocenters. The van der Waals surface area contributed by atoms with Crippen molar-refractivity contribution in [2.45, 2.75) is 37.8 Å². The number of sulfonamides is 1. The molecule has 2 aromatic rings. The summed E-state index contributed by atoms with van der Waals surface area (Å²) in [6.45, 7) is 4.62. The van der Waals surface area contributed by atoms with E-state index in [4.69, 9.17) is 0 Å². The molecule has 0 radical (unpaired) electrons. The summed E-state index contributed by atoms with van der Waals surface area (Å²) in [5.74, 6) is -0.695. The summed E-state index contributed by atoms with van der Waals surface area (Å²) in [4.78, 5) is 11.5. The van der Waals surface area contributed by atoms with Crippen molar-refractivity contribution in [3.63, 3.8) is 0 Å². The van der Waals surface area contributed by atoms with Gasteiger partial charge in [-0.25, -0.2) is 0 Å². The summed E-state index contributed by atoms with van der Waals surface area (Å²) in [5.41, 5.74) is -0.287. The molecule has 1 fully saturated rings. The Labute approximate surface area is 185 Å². The van der Waals surface area contributed by atoms with Crippen molar-refractivity contribution < 1.29 is 26.4 Å². The van der Waals surface area contributed by atoms with Gasteiger partial charge in [-0.3, -0.25) is 4.79 Å². The molecule has 0 aromatic heterocycles. The number of hydrogen-bond acceptors (Lipinski definition) is 4. The van der Waals surface area contributed by atoms with Crippen LogP contribution in [0.2, 0.25) is 0 Å². The fourth-order valence-electron chi connectivity index (χ4n) is 3.63. The molecule has 10 heteroatoms. The van der Waals surface area contributed by atoms with Crippen LogP contribution < -0.4 is 10.6 Å². The molecule has 0 aliphatic carbocycles. The molecule has 1 heterocycles. The van der Waals surface area contributed by atoms with E-state index in [9.17, 15) is 26.4 Å². The third-order valence-electron chi connectivity index (χ3n) is 5.40. The molecule has 1 saturated heterocycles. The van der Waals surface area contributed by atoms with E-state index in [0.29, 0.717) is 43.1 Å². The van der Waals surface area contributed by atoms with E-state index in [1.807, 2.05) is 0 Å². The second kappa shape index (κ2) is 9.41. The summed E-state index contributed by atoms with van der Waals surface area (Å²) in [7, 11) is -4.59. The molecule has 6 nitrogen and oxygen atoms in total. The van der Waals surface area contributed by atoms with Crippen molar-refractivity contribution in [3.8, 4) is 0 Å². The van der Waals surface area contributed by atoms with Gasteiger partial charge in [-0.2, -0.15) is 26.0 Å². The van der Waals surface area contributed by atoms with E-state index in [1.165, 1.54) is 6.92 Å². The lowest BCUT2D eigenvalue weighted by Crippen LogP contribution is -2.31. The summed E-state index contributed by atoms with van der Waals surface area (Å²) in [6, 6.07) is 9.22. The van der Waals surface area contributed by atoms with Gasteiger partial charge in [0.05, 0.1) is 5.56 Å². The number of carbonyl (C=O) groups is 1. The molecule has 0 spiro atoms. The minimum Gasteiger partial charge on any atom is -0.322 e. The number of nitrogens with one attached hydrogen (secondary N) is 2. The molecule has 1 aliphatic rings. The highest BCUT2D eigenvalue weighted by Gasteiger charge is 2.38.